The van der Waals surface area contributed by atoms with Gasteiger partial charge in [-0.15, -0.1) is 0 Å². The fourth-order valence-corrected chi connectivity index (χ4v) is 3.08. The van der Waals surface area contributed by atoms with E-state index in [1.54, 1.807) is 4.90 Å². The summed E-state index contributed by atoms with van der Waals surface area (Å²) in [7, 11) is 0. The Morgan fingerprint density at radius 1 is 1.14 bits per heavy atom. The summed E-state index contributed by atoms with van der Waals surface area (Å²) in [5.41, 5.74) is 0.751. The van der Waals surface area contributed by atoms with Crippen LogP contribution in [0.1, 0.15) is 46.1 Å². The molecule has 2 rings (SSSR count). The Morgan fingerprint density at radius 3 is 2.32 bits per heavy atom. The van der Waals surface area contributed by atoms with Crippen molar-refractivity contribution in [1.82, 2.24) is 10.2 Å². The van der Waals surface area contributed by atoms with Gasteiger partial charge in [-0.05, 0) is 17.4 Å². The molecule has 1 aromatic carbocycles. The fourth-order valence-electron chi connectivity index (χ4n) is 3.08. The number of benzene rings is 1. The van der Waals surface area contributed by atoms with Crippen LogP contribution in [0.25, 0.3) is 0 Å². The number of carbonyl (C=O) groups excluding carboxylic acids is 2. The van der Waals surface area contributed by atoms with E-state index < -0.39 is 6.04 Å². The Balaban J connectivity index is 2.32. The summed E-state index contributed by atoms with van der Waals surface area (Å²) < 4.78 is 0. The predicted molar refractivity (Wildman–Crippen MR) is 87.1 cm³/mol. The average molecular weight is 302 g/mol. The van der Waals surface area contributed by atoms with E-state index >= 15 is 0 Å². The number of hydrogen-bond donors (Lipinski definition) is 1. The van der Waals surface area contributed by atoms with Gasteiger partial charge in [-0.25, -0.2) is 0 Å². The Bertz CT molecular complexity index is 534. The minimum absolute atomic E-state index is 0.0326. The minimum Gasteiger partial charge on any atom is -0.342 e. The number of carbonyl (C=O) groups is 2. The van der Waals surface area contributed by atoms with Gasteiger partial charge in [-0.3, -0.25) is 9.59 Å². The molecule has 1 fully saturated rings. The van der Waals surface area contributed by atoms with E-state index in [0.717, 1.165) is 12.0 Å². The quantitative estimate of drug-likeness (QED) is 0.929. The first-order chi connectivity index (χ1) is 10.3. The van der Waals surface area contributed by atoms with Crippen LogP contribution in [0.5, 0.6) is 0 Å². The molecule has 4 heteroatoms. The molecule has 1 aliphatic heterocycles. The maximum Gasteiger partial charge on any atom is 0.246 e. The number of nitrogens with one attached hydrogen (secondary N) is 1. The normalized spacial score (nSPS) is 22.6. The van der Waals surface area contributed by atoms with Gasteiger partial charge < -0.3 is 10.2 Å². The zero-order valence-electron chi connectivity index (χ0n) is 13.9. The molecule has 22 heavy (non-hydrogen) atoms. The maximum absolute atomic E-state index is 12.8. The van der Waals surface area contributed by atoms with E-state index in [0.29, 0.717) is 13.0 Å². The standard InChI is InChI=1S/C18H26N2O2/c1-5-9-14-17(22)20(12-13-10-7-6-8-11-13)15(16(21)19-14)18(2,3)4/h6-8,10-11,14-15H,5,9,12H2,1-4H3,(H,19,21). The van der Waals surface area contributed by atoms with Crippen LogP contribution >= 0.6 is 0 Å². The SMILES string of the molecule is CCCC1NC(=O)C(C(C)(C)C)N(Cc2ccccc2)C1=O. The molecule has 1 heterocycles. The first-order valence-electron chi connectivity index (χ1n) is 7.99. The van der Waals surface area contributed by atoms with Gasteiger partial charge >= 0.3 is 0 Å². The molecule has 1 saturated heterocycles. The third kappa shape index (κ3) is 3.49. The second-order valence-electron chi connectivity index (χ2n) is 7.07. The number of hydrogen-bond acceptors (Lipinski definition) is 2. The summed E-state index contributed by atoms with van der Waals surface area (Å²) in [5, 5.41) is 2.91. The number of nitrogens with zero attached hydrogens (tertiary/aromatic N) is 1. The highest BCUT2D eigenvalue weighted by molar-refractivity contribution is 5.97. The summed E-state index contributed by atoms with van der Waals surface area (Å²) in [6.07, 6.45) is 1.56. The molecule has 0 saturated carbocycles. The van der Waals surface area contributed by atoms with Crippen molar-refractivity contribution in [1.29, 1.82) is 0 Å². The van der Waals surface area contributed by atoms with Gasteiger partial charge in [-0.1, -0.05) is 64.4 Å². The highest BCUT2D eigenvalue weighted by Gasteiger charge is 2.45. The van der Waals surface area contributed by atoms with E-state index in [4.69, 9.17) is 0 Å². The Hall–Kier alpha value is -1.84. The fraction of sp³-hybridized carbons (Fsp3) is 0.556. The van der Waals surface area contributed by atoms with Crippen LogP contribution in [0.4, 0.5) is 0 Å². The van der Waals surface area contributed by atoms with Crippen molar-refractivity contribution >= 4 is 11.8 Å². The van der Waals surface area contributed by atoms with E-state index in [1.165, 1.54) is 0 Å². The smallest absolute Gasteiger partial charge is 0.246 e. The van der Waals surface area contributed by atoms with Gasteiger partial charge in [0.1, 0.15) is 12.1 Å². The molecule has 0 aromatic heterocycles. The van der Waals surface area contributed by atoms with Crippen LogP contribution < -0.4 is 5.32 Å². The average Bonchev–Trinajstić information content (AvgIpc) is 2.44. The Labute approximate surface area is 132 Å². The largest absolute Gasteiger partial charge is 0.342 e. The third-order valence-electron chi connectivity index (χ3n) is 4.05. The maximum atomic E-state index is 12.8. The lowest BCUT2D eigenvalue weighted by Crippen LogP contribution is -2.66. The summed E-state index contributed by atoms with van der Waals surface area (Å²) in [6.45, 7) is 8.51. The topological polar surface area (TPSA) is 49.4 Å². The minimum atomic E-state index is -0.437. The van der Waals surface area contributed by atoms with Crippen molar-refractivity contribution in [2.75, 3.05) is 0 Å². The van der Waals surface area contributed by atoms with Crippen LogP contribution in [-0.4, -0.2) is 28.8 Å². The molecule has 120 valence electrons. The van der Waals surface area contributed by atoms with E-state index in [-0.39, 0.29) is 23.3 Å². The van der Waals surface area contributed by atoms with Crippen molar-refractivity contribution in [3.8, 4) is 0 Å². The lowest BCUT2D eigenvalue weighted by atomic mass is 9.82. The highest BCUT2D eigenvalue weighted by atomic mass is 16.2. The third-order valence-corrected chi connectivity index (χ3v) is 4.05. The molecule has 0 radical (unpaired) electrons. The second kappa shape index (κ2) is 6.51. The van der Waals surface area contributed by atoms with Gasteiger partial charge in [0.25, 0.3) is 0 Å². The molecule has 4 nitrogen and oxygen atoms in total. The van der Waals surface area contributed by atoms with Crippen LogP contribution in [0, 0.1) is 5.41 Å². The molecule has 0 aliphatic carbocycles. The van der Waals surface area contributed by atoms with Crippen molar-refractivity contribution in [2.24, 2.45) is 5.41 Å². The second-order valence-corrected chi connectivity index (χ2v) is 7.07. The highest BCUT2D eigenvalue weighted by Crippen LogP contribution is 2.29. The molecule has 2 atom stereocenters. The van der Waals surface area contributed by atoms with Crippen LogP contribution in [0.15, 0.2) is 30.3 Å². The molecular formula is C18H26N2O2. The Kier molecular flexibility index (Phi) is 4.89. The molecule has 0 spiro atoms. The lowest BCUT2D eigenvalue weighted by molar-refractivity contribution is -0.154. The molecule has 1 N–H and O–H groups in total. The number of rotatable bonds is 4. The molecule has 1 aliphatic rings. The zero-order chi connectivity index (χ0) is 16.3. The van der Waals surface area contributed by atoms with E-state index in [9.17, 15) is 9.59 Å². The molecule has 1 aromatic rings. The summed E-state index contributed by atoms with van der Waals surface area (Å²) in [4.78, 5) is 27.2. The molecular weight excluding hydrogens is 276 g/mol. The molecule has 0 bridgehead atoms. The van der Waals surface area contributed by atoms with Gasteiger partial charge in [0.2, 0.25) is 11.8 Å². The van der Waals surface area contributed by atoms with Gasteiger partial charge in [0, 0.05) is 6.54 Å². The van der Waals surface area contributed by atoms with Crippen molar-refractivity contribution in [3.63, 3.8) is 0 Å². The summed E-state index contributed by atoms with van der Waals surface area (Å²) in [5.74, 6) is -0.00768. The first-order valence-corrected chi connectivity index (χ1v) is 7.99. The Morgan fingerprint density at radius 2 is 1.77 bits per heavy atom. The zero-order valence-corrected chi connectivity index (χ0v) is 13.9. The van der Waals surface area contributed by atoms with E-state index in [1.807, 2.05) is 58.0 Å². The lowest BCUT2D eigenvalue weighted by Gasteiger charge is -2.44. The van der Waals surface area contributed by atoms with Crippen LogP contribution in [0.2, 0.25) is 0 Å². The number of piperazine rings is 1. The van der Waals surface area contributed by atoms with Crippen LogP contribution in [0.3, 0.4) is 0 Å². The van der Waals surface area contributed by atoms with Crippen LogP contribution in [-0.2, 0) is 16.1 Å². The summed E-state index contributed by atoms with van der Waals surface area (Å²) in [6, 6.07) is 9.03. The van der Waals surface area contributed by atoms with Gasteiger partial charge in [0.05, 0.1) is 0 Å². The molecule has 2 unspecified atom stereocenters. The first kappa shape index (κ1) is 16.5. The predicted octanol–water partition coefficient (Wildman–Crippen LogP) is 2.73. The van der Waals surface area contributed by atoms with Crippen molar-refractivity contribution in [2.45, 2.75) is 59.2 Å². The number of amides is 2. The van der Waals surface area contributed by atoms with E-state index in [2.05, 4.69) is 5.32 Å². The monoisotopic (exact) mass is 302 g/mol. The van der Waals surface area contributed by atoms with Gasteiger partial charge in [0.15, 0.2) is 0 Å². The molecule has 2 amide bonds. The van der Waals surface area contributed by atoms with Crippen molar-refractivity contribution < 1.29 is 9.59 Å². The van der Waals surface area contributed by atoms with Gasteiger partial charge in [-0.2, -0.15) is 0 Å². The van der Waals surface area contributed by atoms with Crippen molar-refractivity contribution in [3.05, 3.63) is 35.9 Å². The summed E-state index contributed by atoms with van der Waals surface area (Å²) >= 11 is 0.